The minimum Gasteiger partial charge on any atom is -0.497 e. The molecule has 4 heteroatoms. The predicted octanol–water partition coefficient (Wildman–Crippen LogP) is 3.47. The number of para-hydroxylation sites is 1. The summed E-state index contributed by atoms with van der Waals surface area (Å²) in [6.45, 7) is 3.12. The van der Waals surface area contributed by atoms with Gasteiger partial charge in [0.05, 0.1) is 13.7 Å². The summed E-state index contributed by atoms with van der Waals surface area (Å²) in [4.78, 5) is 11.9. The van der Waals surface area contributed by atoms with E-state index in [2.05, 4.69) is 5.32 Å². The number of methoxy groups -OCH3 is 1. The lowest BCUT2D eigenvalue weighted by Gasteiger charge is -2.06. The van der Waals surface area contributed by atoms with Gasteiger partial charge in [0.25, 0.3) is 0 Å². The lowest BCUT2D eigenvalue weighted by atomic mass is 10.1. The number of hydrogen-bond acceptors (Lipinski definition) is 3. The van der Waals surface area contributed by atoms with Gasteiger partial charge in [-0.2, -0.15) is 0 Å². The number of amides is 1. The van der Waals surface area contributed by atoms with Gasteiger partial charge >= 0.3 is 0 Å². The number of benzene rings is 2. The minimum absolute atomic E-state index is 0.116. The standard InChI is InChI=1S/C20H23NO3/c1-3-24-19-7-5-4-6-17(19)10-13-20(22)21-15-14-16-8-11-18(23-2)12-9-16/h4-13H,3,14-15H2,1-2H3,(H,21,22)/b13-10+. The summed E-state index contributed by atoms with van der Waals surface area (Å²) >= 11 is 0. The average Bonchev–Trinajstić information content (AvgIpc) is 2.62. The van der Waals surface area contributed by atoms with E-state index >= 15 is 0 Å². The largest absolute Gasteiger partial charge is 0.497 e. The van der Waals surface area contributed by atoms with Crippen LogP contribution in [0.1, 0.15) is 18.1 Å². The fraction of sp³-hybridized carbons (Fsp3) is 0.250. The molecule has 0 saturated carbocycles. The molecule has 2 rings (SSSR count). The highest BCUT2D eigenvalue weighted by molar-refractivity contribution is 5.92. The van der Waals surface area contributed by atoms with Crippen LogP contribution in [-0.2, 0) is 11.2 Å². The van der Waals surface area contributed by atoms with Crippen molar-refractivity contribution in [3.8, 4) is 11.5 Å². The van der Waals surface area contributed by atoms with Gasteiger partial charge in [0.2, 0.25) is 5.91 Å². The highest BCUT2D eigenvalue weighted by atomic mass is 16.5. The summed E-state index contributed by atoms with van der Waals surface area (Å²) in [7, 11) is 1.64. The van der Waals surface area contributed by atoms with Gasteiger partial charge in [0, 0.05) is 18.2 Å². The third kappa shape index (κ3) is 5.47. The minimum atomic E-state index is -0.116. The van der Waals surface area contributed by atoms with Gasteiger partial charge in [-0.25, -0.2) is 0 Å². The molecule has 126 valence electrons. The van der Waals surface area contributed by atoms with Crippen LogP contribution in [0.4, 0.5) is 0 Å². The molecule has 0 saturated heterocycles. The van der Waals surface area contributed by atoms with E-state index in [-0.39, 0.29) is 5.91 Å². The molecule has 1 amide bonds. The molecule has 0 aliphatic rings. The first-order valence-electron chi connectivity index (χ1n) is 8.03. The molecule has 0 bridgehead atoms. The normalized spacial score (nSPS) is 10.6. The van der Waals surface area contributed by atoms with E-state index < -0.39 is 0 Å². The predicted molar refractivity (Wildman–Crippen MR) is 96.4 cm³/mol. The highest BCUT2D eigenvalue weighted by Crippen LogP contribution is 2.19. The molecule has 0 unspecified atom stereocenters. The van der Waals surface area contributed by atoms with Gasteiger partial charge in [-0.3, -0.25) is 4.79 Å². The number of rotatable bonds is 8. The van der Waals surface area contributed by atoms with Gasteiger partial charge in [-0.05, 0) is 43.2 Å². The SMILES string of the molecule is CCOc1ccccc1/C=C/C(=O)NCCc1ccc(OC)cc1. The molecule has 24 heavy (non-hydrogen) atoms. The third-order valence-corrected chi connectivity index (χ3v) is 3.51. The van der Waals surface area contributed by atoms with Crippen LogP contribution in [0.5, 0.6) is 11.5 Å². The molecule has 0 radical (unpaired) electrons. The van der Waals surface area contributed by atoms with Gasteiger partial charge in [0.1, 0.15) is 11.5 Å². The molecule has 0 atom stereocenters. The summed E-state index contributed by atoms with van der Waals surface area (Å²) in [5.74, 6) is 1.50. The molecule has 0 aliphatic heterocycles. The maximum Gasteiger partial charge on any atom is 0.244 e. The molecule has 0 heterocycles. The summed E-state index contributed by atoms with van der Waals surface area (Å²) < 4.78 is 10.7. The Morgan fingerprint density at radius 2 is 1.88 bits per heavy atom. The fourth-order valence-electron chi connectivity index (χ4n) is 2.25. The van der Waals surface area contributed by atoms with Crippen LogP contribution in [-0.4, -0.2) is 26.2 Å². The number of hydrogen-bond donors (Lipinski definition) is 1. The molecule has 0 spiro atoms. The zero-order valence-corrected chi connectivity index (χ0v) is 14.1. The topological polar surface area (TPSA) is 47.6 Å². The maximum atomic E-state index is 11.9. The Morgan fingerprint density at radius 3 is 2.58 bits per heavy atom. The van der Waals surface area contributed by atoms with Crippen molar-refractivity contribution in [2.75, 3.05) is 20.3 Å². The van der Waals surface area contributed by atoms with Crippen molar-refractivity contribution < 1.29 is 14.3 Å². The summed E-state index contributed by atoms with van der Waals surface area (Å²) in [5.41, 5.74) is 2.05. The fourth-order valence-corrected chi connectivity index (χ4v) is 2.25. The molecular weight excluding hydrogens is 302 g/mol. The lowest BCUT2D eigenvalue weighted by Crippen LogP contribution is -2.23. The molecular formula is C20H23NO3. The Labute approximate surface area is 143 Å². The number of ether oxygens (including phenoxy) is 2. The molecule has 2 aromatic carbocycles. The van der Waals surface area contributed by atoms with Crippen molar-refractivity contribution in [1.82, 2.24) is 5.32 Å². The number of carbonyl (C=O) groups is 1. The van der Waals surface area contributed by atoms with Crippen molar-refractivity contribution in [3.05, 3.63) is 65.7 Å². The second-order valence-electron chi connectivity index (χ2n) is 5.19. The number of nitrogens with one attached hydrogen (secondary N) is 1. The van der Waals surface area contributed by atoms with E-state index in [1.165, 1.54) is 6.08 Å². The van der Waals surface area contributed by atoms with Crippen molar-refractivity contribution in [3.63, 3.8) is 0 Å². The second-order valence-corrected chi connectivity index (χ2v) is 5.19. The average molecular weight is 325 g/mol. The van der Waals surface area contributed by atoms with E-state index in [1.807, 2.05) is 55.5 Å². The Hall–Kier alpha value is -2.75. The maximum absolute atomic E-state index is 11.9. The van der Waals surface area contributed by atoms with E-state index in [9.17, 15) is 4.79 Å². The van der Waals surface area contributed by atoms with Gasteiger partial charge < -0.3 is 14.8 Å². The Bertz CT molecular complexity index is 678. The van der Waals surface area contributed by atoms with Crippen molar-refractivity contribution >= 4 is 12.0 Å². The Balaban J connectivity index is 1.82. The monoisotopic (exact) mass is 325 g/mol. The van der Waals surface area contributed by atoms with Gasteiger partial charge in [-0.1, -0.05) is 30.3 Å². The van der Waals surface area contributed by atoms with Crippen LogP contribution < -0.4 is 14.8 Å². The summed E-state index contributed by atoms with van der Waals surface area (Å²) in [5, 5.41) is 2.88. The molecule has 2 aromatic rings. The van der Waals surface area contributed by atoms with Gasteiger partial charge in [-0.15, -0.1) is 0 Å². The van der Waals surface area contributed by atoms with E-state index in [1.54, 1.807) is 13.2 Å². The van der Waals surface area contributed by atoms with Crippen molar-refractivity contribution in [2.24, 2.45) is 0 Å². The quantitative estimate of drug-likeness (QED) is 0.756. The van der Waals surface area contributed by atoms with Crippen LogP contribution in [0.2, 0.25) is 0 Å². The first kappa shape index (κ1) is 17.6. The molecule has 0 aromatic heterocycles. The first-order chi connectivity index (χ1) is 11.7. The Kier molecular flexibility index (Phi) is 6.90. The molecule has 4 nitrogen and oxygen atoms in total. The summed E-state index contributed by atoms with van der Waals surface area (Å²) in [6, 6.07) is 15.5. The van der Waals surface area contributed by atoms with Crippen molar-refractivity contribution in [2.45, 2.75) is 13.3 Å². The Morgan fingerprint density at radius 1 is 1.12 bits per heavy atom. The van der Waals surface area contributed by atoms with E-state index in [0.29, 0.717) is 13.2 Å². The van der Waals surface area contributed by atoms with Crippen LogP contribution in [0.15, 0.2) is 54.6 Å². The molecule has 0 fully saturated rings. The molecule has 0 aliphatic carbocycles. The van der Waals surface area contributed by atoms with Crippen molar-refractivity contribution in [1.29, 1.82) is 0 Å². The highest BCUT2D eigenvalue weighted by Gasteiger charge is 2.01. The van der Waals surface area contributed by atoms with E-state index in [4.69, 9.17) is 9.47 Å². The zero-order valence-electron chi connectivity index (χ0n) is 14.1. The lowest BCUT2D eigenvalue weighted by molar-refractivity contribution is -0.116. The van der Waals surface area contributed by atoms with Crippen LogP contribution in [0.25, 0.3) is 6.08 Å². The zero-order chi connectivity index (χ0) is 17.2. The first-order valence-corrected chi connectivity index (χ1v) is 8.03. The molecule has 1 N–H and O–H groups in total. The van der Waals surface area contributed by atoms with E-state index in [0.717, 1.165) is 29.0 Å². The van der Waals surface area contributed by atoms with Crippen LogP contribution in [0.3, 0.4) is 0 Å². The van der Waals surface area contributed by atoms with Gasteiger partial charge in [0.15, 0.2) is 0 Å². The third-order valence-electron chi connectivity index (χ3n) is 3.51. The summed E-state index contributed by atoms with van der Waals surface area (Å²) in [6.07, 6.45) is 4.08. The second kappa shape index (κ2) is 9.40. The smallest absolute Gasteiger partial charge is 0.244 e. The van der Waals surface area contributed by atoms with Crippen LogP contribution in [0, 0.1) is 0 Å². The van der Waals surface area contributed by atoms with Crippen LogP contribution >= 0.6 is 0 Å². The number of carbonyl (C=O) groups excluding carboxylic acids is 1.